The molecule has 2 aromatic heterocycles. The molecule has 8 nitrogen and oxygen atoms in total. The molecular weight excluding hydrogens is 493 g/mol. The number of amides is 1. The van der Waals surface area contributed by atoms with Gasteiger partial charge in [-0.3, -0.25) is 4.57 Å². The van der Waals surface area contributed by atoms with Crippen molar-refractivity contribution in [2.75, 3.05) is 18.1 Å². The Balaban J connectivity index is 1.79. The fraction of sp³-hybridized carbons (Fsp3) is 0.519. The number of nitrogens with zero attached hydrogens (tertiary/aromatic N) is 4. The highest BCUT2D eigenvalue weighted by Crippen LogP contribution is 2.49. The number of rotatable bonds is 2. The fourth-order valence-electron chi connectivity index (χ4n) is 5.54. The van der Waals surface area contributed by atoms with Crippen LogP contribution in [0.4, 0.5) is 9.18 Å². The van der Waals surface area contributed by atoms with Crippen molar-refractivity contribution in [3.63, 3.8) is 0 Å². The van der Waals surface area contributed by atoms with E-state index < -0.39 is 11.6 Å². The number of nitrogens with one attached hydrogen (secondary N) is 1. The van der Waals surface area contributed by atoms with Gasteiger partial charge in [0.15, 0.2) is 0 Å². The van der Waals surface area contributed by atoms with Crippen LogP contribution in [0.5, 0.6) is 0 Å². The van der Waals surface area contributed by atoms with Crippen LogP contribution in [0, 0.1) is 19.7 Å². The number of ether oxygens (including phenoxy) is 1. The molecule has 1 spiro atoms. The number of imidazole rings is 1. The molecule has 1 amide bonds. The fourth-order valence-corrected chi connectivity index (χ4v) is 6.81. The third kappa shape index (κ3) is 4.39. The van der Waals surface area contributed by atoms with Crippen LogP contribution in [0.25, 0.3) is 11.5 Å². The Kier molecular flexibility index (Phi) is 6.29. The number of fused-ring (bicyclic) bond motifs is 2. The Morgan fingerprint density at radius 1 is 1.22 bits per heavy atom. The summed E-state index contributed by atoms with van der Waals surface area (Å²) in [4.78, 5) is 30.9. The van der Waals surface area contributed by atoms with Crippen molar-refractivity contribution in [3.8, 4) is 11.5 Å². The van der Waals surface area contributed by atoms with Gasteiger partial charge in [-0.1, -0.05) is 0 Å². The lowest BCUT2D eigenvalue weighted by Gasteiger charge is -2.46. The number of aryl methyl sites for hydroxylation is 2. The Hall–Kier alpha value is -3.01. The second-order valence-corrected chi connectivity index (χ2v) is 12.4. The SMILES string of the molecule is Cc1cc(-n2nc3c(c2-n2cc[nH]c2=O)[C@H](C)N(C(=O)OC(C)(C)C)CC32CCSCC2)cc(C)c1F. The standard InChI is InChI=1S/C27H34FN5O3S/c1-16-13-19(14-17(2)21(16)28)33-23(31-10-9-29-24(31)34)20-18(3)32(25(35)36-26(4,5)6)15-27(22(20)30-33)7-11-37-12-8-27/h9-10,13-14,18H,7-8,11-12,15H2,1-6H3,(H,29,34)/t18-/m0/s1. The van der Waals surface area contributed by atoms with Gasteiger partial charge in [0.2, 0.25) is 0 Å². The molecule has 0 radical (unpaired) electrons. The molecule has 3 aromatic rings. The molecule has 1 aromatic carbocycles. The molecule has 0 unspecified atom stereocenters. The molecule has 10 heteroatoms. The second kappa shape index (κ2) is 9.08. The minimum absolute atomic E-state index is 0.258. The minimum atomic E-state index is -0.638. The van der Waals surface area contributed by atoms with Crippen LogP contribution in [0.1, 0.15) is 69.0 Å². The minimum Gasteiger partial charge on any atom is -0.444 e. The Morgan fingerprint density at radius 2 is 1.86 bits per heavy atom. The van der Waals surface area contributed by atoms with E-state index in [9.17, 15) is 14.0 Å². The first kappa shape index (κ1) is 25.6. The highest BCUT2D eigenvalue weighted by Gasteiger charge is 2.50. The first-order chi connectivity index (χ1) is 17.4. The van der Waals surface area contributed by atoms with Gasteiger partial charge in [0, 0.05) is 29.9 Å². The maximum Gasteiger partial charge on any atom is 0.410 e. The number of aromatic nitrogens is 4. The van der Waals surface area contributed by atoms with E-state index >= 15 is 0 Å². The van der Waals surface area contributed by atoms with Gasteiger partial charge in [-0.25, -0.2) is 18.7 Å². The lowest BCUT2D eigenvalue weighted by molar-refractivity contribution is 0.00712. The van der Waals surface area contributed by atoms with Crippen LogP contribution >= 0.6 is 11.8 Å². The van der Waals surface area contributed by atoms with E-state index in [1.807, 2.05) is 39.5 Å². The van der Waals surface area contributed by atoms with Gasteiger partial charge in [0.25, 0.3) is 0 Å². The zero-order valence-corrected chi connectivity index (χ0v) is 23.0. The van der Waals surface area contributed by atoms with E-state index in [0.717, 1.165) is 35.6 Å². The molecule has 1 saturated heterocycles. The first-order valence-corrected chi connectivity index (χ1v) is 13.8. The summed E-state index contributed by atoms with van der Waals surface area (Å²) in [6, 6.07) is 3.11. The van der Waals surface area contributed by atoms with Gasteiger partial charge >= 0.3 is 11.8 Å². The maximum atomic E-state index is 14.6. The summed E-state index contributed by atoms with van der Waals surface area (Å²) in [5.74, 6) is 2.21. The van der Waals surface area contributed by atoms with Gasteiger partial charge in [-0.15, -0.1) is 0 Å². The molecule has 5 rings (SSSR count). The number of halogens is 1. The largest absolute Gasteiger partial charge is 0.444 e. The number of hydrogen-bond donors (Lipinski definition) is 1. The van der Waals surface area contributed by atoms with Crippen LogP contribution < -0.4 is 5.69 Å². The summed E-state index contributed by atoms with van der Waals surface area (Å²) < 4.78 is 23.7. The number of benzene rings is 1. The summed E-state index contributed by atoms with van der Waals surface area (Å²) in [5, 5.41) is 5.16. The van der Waals surface area contributed by atoms with Gasteiger partial charge in [-0.05, 0) is 89.1 Å². The molecule has 2 aliphatic rings. The number of thioether (sulfide) groups is 1. The zero-order chi connectivity index (χ0) is 26.7. The quantitative estimate of drug-likeness (QED) is 0.496. The molecule has 1 fully saturated rings. The van der Waals surface area contributed by atoms with E-state index in [4.69, 9.17) is 9.84 Å². The van der Waals surface area contributed by atoms with Crippen molar-refractivity contribution < 1.29 is 13.9 Å². The van der Waals surface area contributed by atoms with Crippen molar-refractivity contribution in [3.05, 3.63) is 63.2 Å². The summed E-state index contributed by atoms with van der Waals surface area (Å²) in [7, 11) is 0. The van der Waals surface area contributed by atoms with Crippen LogP contribution in [-0.2, 0) is 10.2 Å². The van der Waals surface area contributed by atoms with E-state index in [0.29, 0.717) is 29.2 Å². The van der Waals surface area contributed by atoms with Crippen molar-refractivity contribution in [2.24, 2.45) is 0 Å². The summed E-state index contributed by atoms with van der Waals surface area (Å²) in [6.45, 7) is 11.5. The smallest absolute Gasteiger partial charge is 0.410 e. The van der Waals surface area contributed by atoms with E-state index in [1.165, 1.54) is 4.57 Å². The third-order valence-electron chi connectivity index (χ3n) is 7.38. The van der Waals surface area contributed by atoms with Gasteiger partial charge in [0.1, 0.15) is 17.2 Å². The topological polar surface area (TPSA) is 85.2 Å². The molecule has 1 atom stereocenters. The number of aromatic amines is 1. The van der Waals surface area contributed by atoms with E-state index in [-0.39, 0.29) is 23.0 Å². The monoisotopic (exact) mass is 527 g/mol. The normalized spacial score (nSPS) is 19.2. The molecule has 0 aliphatic carbocycles. The molecule has 2 aliphatic heterocycles. The van der Waals surface area contributed by atoms with Gasteiger partial charge in [-0.2, -0.15) is 16.9 Å². The van der Waals surface area contributed by atoms with Crippen LogP contribution in [0.2, 0.25) is 0 Å². The average molecular weight is 528 g/mol. The Labute approximate surface area is 220 Å². The van der Waals surface area contributed by atoms with Gasteiger partial charge < -0.3 is 14.6 Å². The van der Waals surface area contributed by atoms with Crippen molar-refractivity contribution in [2.45, 2.75) is 71.4 Å². The lowest BCUT2D eigenvalue weighted by Crippen LogP contribution is -2.52. The van der Waals surface area contributed by atoms with Crippen LogP contribution in [0.3, 0.4) is 0 Å². The van der Waals surface area contributed by atoms with E-state index in [1.54, 1.807) is 48.0 Å². The predicted octanol–water partition coefficient (Wildman–Crippen LogP) is 5.18. The van der Waals surface area contributed by atoms with Crippen molar-refractivity contribution in [1.82, 2.24) is 24.2 Å². The summed E-state index contributed by atoms with van der Waals surface area (Å²) in [5.41, 5.74) is 2.09. The number of carbonyl (C=O) groups excluding carboxylic acids is 1. The molecule has 0 bridgehead atoms. The molecule has 37 heavy (non-hydrogen) atoms. The average Bonchev–Trinajstić information content (AvgIpc) is 3.43. The maximum absolute atomic E-state index is 14.6. The highest BCUT2D eigenvalue weighted by atomic mass is 32.2. The number of carbonyl (C=O) groups is 1. The molecular formula is C27H34FN5O3S. The molecule has 198 valence electrons. The second-order valence-electron chi connectivity index (χ2n) is 11.2. The Morgan fingerprint density at radius 3 is 2.43 bits per heavy atom. The van der Waals surface area contributed by atoms with Crippen molar-refractivity contribution in [1.29, 1.82) is 0 Å². The molecule has 1 N–H and O–H groups in total. The van der Waals surface area contributed by atoms with E-state index in [2.05, 4.69) is 4.98 Å². The highest BCUT2D eigenvalue weighted by molar-refractivity contribution is 7.99. The lowest BCUT2D eigenvalue weighted by atomic mass is 9.73. The number of H-pyrrole nitrogens is 1. The van der Waals surface area contributed by atoms with Crippen LogP contribution in [-0.4, -0.2) is 54.0 Å². The van der Waals surface area contributed by atoms with Gasteiger partial charge in [0.05, 0.1) is 17.4 Å². The number of hydrogen-bond acceptors (Lipinski definition) is 5. The summed E-state index contributed by atoms with van der Waals surface area (Å²) >= 11 is 1.90. The zero-order valence-electron chi connectivity index (χ0n) is 22.2. The first-order valence-electron chi connectivity index (χ1n) is 12.7. The summed E-state index contributed by atoms with van der Waals surface area (Å²) in [6.07, 6.45) is 4.59. The third-order valence-corrected chi connectivity index (χ3v) is 8.36. The van der Waals surface area contributed by atoms with Crippen LogP contribution in [0.15, 0.2) is 29.3 Å². The Bertz CT molecular complexity index is 1390. The molecule has 4 heterocycles. The molecule has 0 saturated carbocycles. The van der Waals surface area contributed by atoms with Crippen molar-refractivity contribution >= 4 is 17.9 Å². The predicted molar refractivity (Wildman–Crippen MR) is 143 cm³/mol.